The average molecular weight is 1590 g/mol. The molecule has 1 unspecified atom stereocenters. The van der Waals surface area contributed by atoms with Gasteiger partial charge in [0.2, 0.25) is 23.4 Å². The number of carboxylic acid groups (broad SMARTS) is 4. The van der Waals surface area contributed by atoms with Crippen molar-refractivity contribution in [3.8, 4) is 5.75 Å². The number of carbonyl (C=O) groups is 8. The highest BCUT2D eigenvalue weighted by Gasteiger charge is 2.46. The number of hydrogen-bond acceptors (Lipinski definition) is 18. The van der Waals surface area contributed by atoms with Gasteiger partial charge in [-0.1, -0.05) is 32.8 Å². The molecular formula is C72H98N7O25S4+. The Bertz CT molecular complexity index is 4450. The highest BCUT2D eigenvalue weighted by atomic mass is 32.2. The molecule has 6 rings (SSSR count). The van der Waals surface area contributed by atoms with Crippen molar-refractivity contribution in [3.63, 3.8) is 0 Å². The van der Waals surface area contributed by atoms with E-state index in [1.54, 1.807) is 12.1 Å². The molecule has 0 radical (unpaired) electrons. The minimum Gasteiger partial charge on any atom is -0.481 e. The van der Waals surface area contributed by atoms with Crippen LogP contribution in [0.2, 0.25) is 0 Å². The Morgan fingerprint density at radius 2 is 1.04 bits per heavy atom. The second-order valence-corrected chi connectivity index (χ2v) is 33.6. The summed E-state index contributed by atoms with van der Waals surface area (Å²) in [6.45, 7) is 8.69. The predicted molar refractivity (Wildman–Crippen MR) is 395 cm³/mol. The Balaban J connectivity index is 1.03. The molecule has 0 fully saturated rings. The molecule has 2 heterocycles. The van der Waals surface area contributed by atoms with Crippen molar-refractivity contribution < 1.29 is 120 Å². The number of urea groups is 1. The van der Waals surface area contributed by atoms with Crippen LogP contribution in [0.4, 0.5) is 16.2 Å². The van der Waals surface area contributed by atoms with Crippen LogP contribution in [0, 0.1) is 0 Å². The van der Waals surface area contributed by atoms with Gasteiger partial charge in [0.15, 0.2) is 5.71 Å². The number of amides is 5. The fourth-order valence-electron chi connectivity index (χ4n) is 13.1. The predicted octanol–water partition coefficient (Wildman–Crippen LogP) is 8.27. The average Bonchev–Trinajstić information content (AvgIpc) is 1.59. The molecule has 32 nitrogen and oxygen atoms in total. The zero-order valence-electron chi connectivity index (χ0n) is 60.7. The quantitative estimate of drug-likeness (QED) is 0.0144. The first-order valence-corrected chi connectivity index (χ1v) is 41.5. The van der Waals surface area contributed by atoms with Gasteiger partial charge in [-0.25, -0.2) is 19.2 Å². The lowest BCUT2D eigenvalue weighted by atomic mass is 9.81. The molecule has 5 amide bonds. The number of ether oxygens (including phenoxy) is 1. The Hall–Kier alpha value is -8.91. The standard InChI is InChI=1S/C72H97N7O25S4/c1-71(2)53-45-51(107(98,99)100)32-35-58(53)78(42-15-7-10-24-63(81)74-40-13-11-21-55(67(85)86)75-64(82)25-9-6-5-8-23-62(80)73-41-14-12-22-56(68(87)88)76-70(91)77-57(69(89)90)34-39-65(83)84)60(71)37-26-47-19-18-20-48(66(47)104-49-28-30-50(31-29-49)106(95,96)97)27-38-61-72(3,4)54-46-52(108(101,102)103)33-36-59(54)79(61)43-16-17-44-105(92,93)94/h26-33,35-38,45-46,55-57H,5-25,34,39-44H2,1-4H3,(H12-,73,74,75,76,77,80,81,82,83,84,85,86,87,88,89,90,91,92,93,94,95,96,97,98,99,100,101,102,103)/p+1/t55?,56-,57-/m0/s1. The lowest BCUT2D eigenvalue weighted by Crippen LogP contribution is -2.51. The molecule has 0 saturated heterocycles. The Kier molecular flexibility index (Phi) is 32.1. The fraction of sp³-hybridized carbons (Fsp3) is 0.514. The number of fused-ring (bicyclic) bond motifs is 2. The van der Waals surface area contributed by atoms with E-state index in [2.05, 4.69) is 26.6 Å². The van der Waals surface area contributed by atoms with Gasteiger partial charge in [0, 0.05) is 86.2 Å². The summed E-state index contributed by atoms with van der Waals surface area (Å²) < 4.78 is 145. The first-order valence-electron chi connectivity index (χ1n) is 35.6. The summed E-state index contributed by atoms with van der Waals surface area (Å²) in [4.78, 5) is 97.2. The first-order chi connectivity index (χ1) is 50.6. The number of carbonyl (C=O) groups excluding carboxylic acids is 4. The number of hydrogen-bond donors (Lipinski definition) is 13. The van der Waals surface area contributed by atoms with Crippen LogP contribution in [-0.2, 0) is 84.9 Å². The Morgan fingerprint density at radius 3 is 1.57 bits per heavy atom. The SMILES string of the molecule is CC1(C)C(/C=C/C2=C(Oc3ccc(S(=O)(=O)O)cc3)C(=C/C=C3/N(CCCCS(=O)(=O)O)c4ccc(S(=O)(=O)O)cc4C3(C)C)/CCC2)=[N+](CCCCCC(=O)NCCCCC(NC(=O)CCCCCCC(=O)NCCCC[C@H](NC(=O)N[C@@H](CCC(=O)O)C(=O)O)C(=O)O)C(=O)O)c2ccc(S(=O)(=O)O)cc21. The number of unbranched alkanes of at least 4 members (excludes halogenated alkanes) is 8. The third kappa shape index (κ3) is 26.7. The van der Waals surface area contributed by atoms with E-state index in [0.29, 0.717) is 142 Å². The van der Waals surface area contributed by atoms with Crippen LogP contribution in [0.3, 0.4) is 0 Å². The van der Waals surface area contributed by atoms with Crippen molar-refractivity contribution in [2.24, 2.45) is 0 Å². The van der Waals surface area contributed by atoms with Gasteiger partial charge in [0.1, 0.15) is 36.2 Å². The van der Waals surface area contributed by atoms with Crippen LogP contribution in [0.15, 0.2) is 122 Å². The van der Waals surface area contributed by atoms with Crippen molar-refractivity contribution in [1.29, 1.82) is 0 Å². The zero-order valence-corrected chi connectivity index (χ0v) is 63.9. The maximum Gasteiger partial charge on any atom is 0.326 e. The number of carboxylic acids is 4. The molecule has 3 aliphatic rings. The van der Waals surface area contributed by atoms with Gasteiger partial charge in [-0.2, -0.15) is 38.2 Å². The molecule has 3 aromatic rings. The van der Waals surface area contributed by atoms with E-state index < -0.39 is 124 Å². The summed E-state index contributed by atoms with van der Waals surface area (Å²) in [5, 5.41) is 49.8. The summed E-state index contributed by atoms with van der Waals surface area (Å²) in [6, 6.07) is 8.57. The van der Waals surface area contributed by atoms with Gasteiger partial charge in [0.05, 0.1) is 25.9 Å². The van der Waals surface area contributed by atoms with Crippen LogP contribution >= 0.6 is 0 Å². The molecule has 0 saturated carbocycles. The molecule has 1 aliphatic carbocycles. The molecule has 3 atom stereocenters. The lowest BCUT2D eigenvalue weighted by Gasteiger charge is -2.27. The number of aliphatic carboxylic acids is 4. The van der Waals surface area contributed by atoms with Gasteiger partial charge < -0.3 is 56.6 Å². The molecule has 36 heteroatoms. The Labute approximate surface area is 628 Å². The molecule has 0 spiro atoms. The first kappa shape index (κ1) is 88.0. The van der Waals surface area contributed by atoms with Crippen molar-refractivity contribution >= 4 is 105 Å². The maximum atomic E-state index is 13.0. The Morgan fingerprint density at radius 1 is 0.528 bits per heavy atom. The van der Waals surface area contributed by atoms with E-state index in [0.717, 1.165) is 5.71 Å². The van der Waals surface area contributed by atoms with E-state index in [4.69, 9.17) is 9.84 Å². The summed E-state index contributed by atoms with van der Waals surface area (Å²) >= 11 is 0. The van der Waals surface area contributed by atoms with E-state index in [9.17, 15) is 106 Å². The fourth-order valence-corrected chi connectivity index (χ4v) is 15.1. The van der Waals surface area contributed by atoms with Crippen molar-refractivity contribution in [2.75, 3.05) is 36.8 Å². The summed E-state index contributed by atoms with van der Waals surface area (Å²) in [5.41, 5.74) is 3.45. The van der Waals surface area contributed by atoms with Crippen molar-refractivity contribution in [2.45, 2.75) is 219 Å². The molecule has 13 N–H and O–H groups in total. The number of rotatable bonds is 45. The molecule has 0 aromatic heterocycles. The monoisotopic (exact) mass is 1590 g/mol. The molecule has 594 valence electrons. The summed E-state index contributed by atoms with van der Waals surface area (Å²) in [7, 11) is -18.1. The number of benzene rings is 3. The van der Waals surface area contributed by atoms with Gasteiger partial charge in [-0.05, 0) is 200 Å². The zero-order chi connectivity index (χ0) is 80.0. The van der Waals surface area contributed by atoms with Crippen LogP contribution < -0.4 is 36.2 Å². The molecule has 2 aliphatic heterocycles. The summed E-state index contributed by atoms with van der Waals surface area (Å²) in [5.74, 6) is -6.13. The minimum absolute atomic E-state index is 0.0327. The lowest BCUT2D eigenvalue weighted by molar-refractivity contribution is -0.438. The van der Waals surface area contributed by atoms with Crippen LogP contribution in [0.5, 0.6) is 5.75 Å². The number of nitrogens with one attached hydrogen (secondary N) is 5. The second-order valence-electron chi connectivity index (χ2n) is 27.8. The van der Waals surface area contributed by atoms with Gasteiger partial charge in [0.25, 0.3) is 40.5 Å². The van der Waals surface area contributed by atoms with E-state index in [1.165, 1.54) is 48.5 Å². The highest BCUT2D eigenvalue weighted by molar-refractivity contribution is 7.86. The van der Waals surface area contributed by atoms with E-state index in [1.807, 2.05) is 61.5 Å². The molecule has 108 heavy (non-hydrogen) atoms. The van der Waals surface area contributed by atoms with E-state index >= 15 is 0 Å². The minimum atomic E-state index is -4.63. The third-order valence-corrected chi connectivity index (χ3v) is 22.2. The van der Waals surface area contributed by atoms with Gasteiger partial charge in [-0.15, -0.1) is 0 Å². The third-order valence-electron chi connectivity index (χ3n) is 18.9. The van der Waals surface area contributed by atoms with Crippen molar-refractivity contribution in [1.82, 2.24) is 26.6 Å². The topological polar surface area (TPSA) is 511 Å². The van der Waals surface area contributed by atoms with Crippen LogP contribution in [0.25, 0.3) is 0 Å². The molecular weight excluding hydrogens is 1490 g/mol. The smallest absolute Gasteiger partial charge is 0.326 e. The number of anilines is 1. The summed E-state index contributed by atoms with van der Waals surface area (Å²) in [6.07, 6.45) is 14.3. The highest BCUT2D eigenvalue weighted by Crippen LogP contribution is 2.49. The number of nitrogens with zero attached hydrogens (tertiary/aromatic N) is 2. The van der Waals surface area contributed by atoms with Gasteiger partial charge in [-0.3, -0.25) is 37.4 Å². The normalized spacial score (nSPS) is 16.5. The maximum absolute atomic E-state index is 13.0. The van der Waals surface area contributed by atoms with Gasteiger partial charge >= 0.3 is 29.9 Å². The second kappa shape index (κ2) is 39.5. The van der Waals surface area contributed by atoms with Crippen LogP contribution in [0.1, 0.15) is 187 Å². The largest absolute Gasteiger partial charge is 0.481 e. The molecule has 3 aromatic carbocycles. The van der Waals surface area contributed by atoms with E-state index in [-0.39, 0.29) is 96.8 Å². The number of allylic oxidation sites excluding steroid dienone is 7. The van der Waals surface area contributed by atoms with Crippen molar-refractivity contribution in [3.05, 3.63) is 119 Å². The van der Waals surface area contributed by atoms with Crippen LogP contribution in [-0.4, -0.2) is 180 Å². The molecule has 0 bridgehead atoms.